The average molecular weight is 394 g/mol. The molecule has 0 bridgehead atoms. The number of benzene rings is 1. The van der Waals surface area contributed by atoms with E-state index in [2.05, 4.69) is 0 Å². The lowest BCUT2D eigenvalue weighted by atomic mass is 9.93. The molecule has 0 spiro atoms. The molecule has 0 aliphatic carbocycles. The summed E-state index contributed by atoms with van der Waals surface area (Å²) in [7, 11) is 0. The average Bonchev–Trinajstić information content (AvgIpc) is 2.67. The molecule has 3 rings (SSSR count). The molecule has 2 saturated heterocycles. The van der Waals surface area contributed by atoms with Crippen molar-refractivity contribution >= 4 is 23.4 Å². The molecule has 0 aromatic heterocycles. The number of piperidine rings is 2. The van der Waals surface area contributed by atoms with Crippen LogP contribution in [0.15, 0.2) is 24.3 Å². The van der Waals surface area contributed by atoms with Crippen molar-refractivity contribution in [3.8, 4) is 5.75 Å². The van der Waals surface area contributed by atoms with E-state index >= 15 is 0 Å². The second-order valence-electron chi connectivity index (χ2n) is 7.57. The number of likely N-dealkylation sites (tertiary alicyclic amines) is 2. The predicted molar refractivity (Wildman–Crippen MR) is 105 cm³/mol. The molecule has 7 heteroatoms. The van der Waals surface area contributed by atoms with E-state index in [1.54, 1.807) is 0 Å². The normalized spacial score (nSPS) is 21.8. The Kier molecular flexibility index (Phi) is 6.96. The Morgan fingerprint density at radius 3 is 2.48 bits per heavy atom. The Balaban J connectivity index is 1.42. The molecule has 27 heavy (non-hydrogen) atoms. The second kappa shape index (κ2) is 9.42. The summed E-state index contributed by atoms with van der Waals surface area (Å²) < 4.78 is 5.85. The van der Waals surface area contributed by atoms with Crippen molar-refractivity contribution < 1.29 is 14.3 Å². The van der Waals surface area contributed by atoms with Crippen molar-refractivity contribution in [2.45, 2.75) is 25.7 Å². The summed E-state index contributed by atoms with van der Waals surface area (Å²) in [5, 5.41) is 0.700. The lowest BCUT2D eigenvalue weighted by molar-refractivity contribution is -0.139. The maximum absolute atomic E-state index is 12.8. The monoisotopic (exact) mass is 393 g/mol. The van der Waals surface area contributed by atoms with E-state index in [4.69, 9.17) is 22.1 Å². The summed E-state index contributed by atoms with van der Waals surface area (Å²) in [5.41, 5.74) is 5.29. The van der Waals surface area contributed by atoms with Crippen LogP contribution in [-0.2, 0) is 9.59 Å². The number of halogens is 1. The number of hydrogen-bond donors (Lipinski definition) is 1. The third-order valence-corrected chi connectivity index (χ3v) is 5.71. The van der Waals surface area contributed by atoms with Gasteiger partial charge < -0.3 is 15.4 Å². The summed E-state index contributed by atoms with van der Waals surface area (Å²) in [4.78, 5) is 28.0. The van der Waals surface area contributed by atoms with Gasteiger partial charge in [0, 0.05) is 24.7 Å². The van der Waals surface area contributed by atoms with E-state index in [-0.39, 0.29) is 24.3 Å². The van der Waals surface area contributed by atoms with E-state index in [0.29, 0.717) is 24.1 Å². The standard InChI is InChI=1S/C20H28ClN3O3/c21-17-3-5-18(6-4-17)27-14-15-7-10-24(11-8-15)20(26)16-2-1-9-23(12-16)13-19(22)25/h3-6,15-16H,1-2,7-14H2,(H2,22,25). The number of carbonyl (C=O) groups excluding carboxylic acids is 2. The first kappa shape index (κ1) is 20.0. The second-order valence-corrected chi connectivity index (χ2v) is 8.01. The smallest absolute Gasteiger partial charge is 0.231 e. The molecular weight excluding hydrogens is 366 g/mol. The van der Waals surface area contributed by atoms with Crippen LogP contribution >= 0.6 is 11.6 Å². The van der Waals surface area contributed by atoms with Gasteiger partial charge in [-0.25, -0.2) is 0 Å². The molecule has 1 aromatic rings. The maximum Gasteiger partial charge on any atom is 0.231 e. The lowest BCUT2D eigenvalue weighted by Gasteiger charge is -2.37. The van der Waals surface area contributed by atoms with E-state index < -0.39 is 0 Å². The summed E-state index contributed by atoms with van der Waals surface area (Å²) in [6.45, 7) is 3.95. The Hall–Kier alpha value is -1.79. The van der Waals surface area contributed by atoms with Gasteiger partial charge in [-0.15, -0.1) is 0 Å². The van der Waals surface area contributed by atoms with Gasteiger partial charge in [0.1, 0.15) is 5.75 Å². The van der Waals surface area contributed by atoms with E-state index in [1.807, 2.05) is 34.1 Å². The predicted octanol–water partition coefficient (Wildman–Crippen LogP) is 2.15. The minimum atomic E-state index is -0.329. The first-order chi connectivity index (χ1) is 13.0. The SMILES string of the molecule is NC(=O)CN1CCCC(C(=O)N2CCC(COc3ccc(Cl)cc3)CC2)C1. The summed E-state index contributed by atoms with van der Waals surface area (Å²) in [6, 6.07) is 7.40. The van der Waals surface area contributed by atoms with Gasteiger partial charge >= 0.3 is 0 Å². The molecule has 2 N–H and O–H groups in total. The molecule has 148 valence electrons. The summed E-state index contributed by atoms with van der Waals surface area (Å²) >= 11 is 5.89. The highest BCUT2D eigenvalue weighted by Crippen LogP contribution is 2.24. The molecule has 0 radical (unpaired) electrons. The fourth-order valence-corrected chi connectivity index (χ4v) is 4.07. The van der Waals surface area contributed by atoms with Gasteiger partial charge in [-0.05, 0) is 62.4 Å². The first-order valence-corrected chi connectivity index (χ1v) is 10.1. The molecule has 0 saturated carbocycles. The van der Waals surface area contributed by atoms with Crippen molar-refractivity contribution in [1.82, 2.24) is 9.80 Å². The van der Waals surface area contributed by atoms with Crippen LogP contribution in [0, 0.1) is 11.8 Å². The maximum atomic E-state index is 12.8. The molecule has 2 amide bonds. The number of hydrogen-bond acceptors (Lipinski definition) is 4. The number of nitrogens with two attached hydrogens (primary N) is 1. The van der Waals surface area contributed by atoms with Crippen LogP contribution in [-0.4, -0.2) is 60.9 Å². The highest BCUT2D eigenvalue weighted by atomic mass is 35.5. The van der Waals surface area contributed by atoms with Crippen molar-refractivity contribution in [1.29, 1.82) is 0 Å². The molecule has 2 aliphatic rings. The van der Waals surface area contributed by atoms with Gasteiger partial charge in [-0.2, -0.15) is 0 Å². The number of rotatable bonds is 6. The number of primary amides is 1. The van der Waals surface area contributed by atoms with Crippen molar-refractivity contribution in [3.63, 3.8) is 0 Å². The van der Waals surface area contributed by atoms with Gasteiger partial charge in [0.15, 0.2) is 0 Å². The third-order valence-electron chi connectivity index (χ3n) is 5.46. The van der Waals surface area contributed by atoms with Gasteiger partial charge in [0.2, 0.25) is 11.8 Å². The molecule has 6 nitrogen and oxygen atoms in total. The Bertz CT molecular complexity index is 644. The Morgan fingerprint density at radius 1 is 1.11 bits per heavy atom. The molecule has 2 heterocycles. The zero-order chi connectivity index (χ0) is 19.2. The number of carbonyl (C=O) groups is 2. The van der Waals surface area contributed by atoms with Gasteiger partial charge in [-0.3, -0.25) is 14.5 Å². The van der Waals surface area contributed by atoms with Gasteiger partial charge in [0.05, 0.1) is 19.1 Å². The van der Waals surface area contributed by atoms with Crippen LogP contribution < -0.4 is 10.5 Å². The van der Waals surface area contributed by atoms with Crippen molar-refractivity contribution in [2.75, 3.05) is 39.3 Å². The zero-order valence-electron chi connectivity index (χ0n) is 15.6. The Labute approximate surface area is 165 Å². The van der Waals surface area contributed by atoms with Crippen molar-refractivity contribution in [2.24, 2.45) is 17.6 Å². The van der Waals surface area contributed by atoms with Crippen LogP contribution in [0.25, 0.3) is 0 Å². The molecule has 2 aliphatic heterocycles. The molecule has 1 atom stereocenters. The molecule has 2 fully saturated rings. The van der Waals surface area contributed by atoms with E-state index in [0.717, 1.165) is 51.1 Å². The number of ether oxygens (including phenoxy) is 1. The Morgan fingerprint density at radius 2 is 1.81 bits per heavy atom. The number of nitrogens with zero attached hydrogens (tertiary/aromatic N) is 2. The zero-order valence-corrected chi connectivity index (χ0v) is 16.4. The summed E-state index contributed by atoms with van der Waals surface area (Å²) in [5.74, 6) is 1.17. The minimum absolute atomic E-state index is 0.0139. The molecular formula is C20H28ClN3O3. The van der Waals surface area contributed by atoms with E-state index in [1.165, 1.54) is 0 Å². The first-order valence-electron chi connectivity index (χ1n) is 9.69. The third kappa shape index (κ3) is 5.84. The van der Waals surface area contributed by atoms with Crippen LogP contribution in [0.5, 0.6) is 5.75 Å². The topological polar surface area (TPSA) is 75.9 Å². The highest BCUT2D eigenvalue weighted by Gasteiger charge is 2.31. The number of amides is 2. The molecule has 1 aromatic carbocycles. The fraction of sp³-hybridized carbons (Fsp3) is 0.600. The largest absolute Gasteiger partial charge is 0.493 e. The van der Waals surface area contributed by atoms with Crippen LogP contribution in [0.2, 0.25) is 5.02 Å². The lowest BCUT2D eigenvalue weighted by Crippen LogP contribution is -2.49. The van der Waals surface area contributed by atoms with Crippen LogP contribution in [0.4, 0.5) is 0 Å². The van der Waals surface area contributed by atoms with Crippen molar-refractivity contribution in [3.05, 3.63) is 29.3 Å². The minimum Gasteiger partial charge on any atom is -0.493 e. The highest BCUT2D eigenvalue weighted by molar-refractivity contribution is 6.30. The van der Waals surface area contributed by atoms with Crippen LogP contribution in [0.1, 0.15) is 25.7 Å². The molecule has 1 unspecified atom stereocenters. The fourth-order valence-electron chi connectivity index (χ4n) is 3.94. The quantitative estimate of drug-likeness (QED) is 0.803. The van der Waals surface area contributed by atoms with Gasteiger partial charge in [-0.1, -0.05) is 11.6 Å². The van der Waals surface area contributed by atoms with E-state index in [9.17, 15) is 9.59 Å². The van der Waals surface area contributed by atoms with Gasteiger partial charge in [0.25, 0.3) is 0 Å². The van der Waals surface area contributed by atoms with Crippen LogP contribution in [0.3, 0.4) is 0 Å². The summed E-state index contributed by atoms with van der Waals surface area (Å²) in [6.07, 6.45) is 3.75.